The summed E-state index contributed by atoms with van der Waals surface area (Å²) in [5, 5.41) is 8.05. The summed E-state index contributed by atoms with van der Waals surface area (Å²) in [4.78, 5) is 26.6. The smallest absolute Gasteiger partial charge is 0.242 e. The standard InChI is InChI=1S/C21H18FN3O2S/c1-2-12-25-20(27)19(13-18(26)16-8-10-17(22)11-9-16)28-21(25)24-23-14-15-6-4-3-5-7-15/h2-11,14,19H,1,12-13H2/b23-14-,24-21+/t19-/m1/s1. The highest BCUT2D eigenvalue weighted by molar-refractivity contribution is 8.15. The van der Waals surface area contributed by atoms with Gasteiger partial charge in [0.15, 0.2) is 11.0 Å². The Hall–Kier alpha value is -3.06. The fourth-order valence-electron chi connectivity index (χ4n) is 2.62. The van der Waals surface area contributed by atoms with Crippen LogP contribution in [0.1, 0.15) is 22.3 Å². The lowest BCUT2D eigenvalue weighted by Crippen LogP contribution is -2.32. The Morgan fingerprint density at radius 1 is 1.18 bits per heavy atom. The van der Waals surface area contributed by atoms with Crippen LogP contribution < -0.4 is 0 Å². The first kappa shape index (κ1) is 19.7. The van der Waals surface area contributed by atoms with Crippen molar-refractivity contribution in [3.05, 3.63) is 84.2 Å². The van der Waals surface area contributed by atoms with E-state index in [0.29, 0.717) is 10.7 Å². The molecule has 1 aliphatic rings. The lowest BCUT2D eigenvalue weighted by Gasteiger charge is -2.12. The maximum atomic E-state index is 13.0. The number of carbonyl (C=O) groups is 2. The third-order valence-electron chi connectivity index (χ3n) is 4.02. The normalized spacial score (nSPS) is 18.2. The molecular weight excluding hydrogens is 377 g/mol. The number of thioether (sulfide) groups is 1. The van der Waals surface area contributed by atoms with Crippen molar-refractivity contribution < 1.29 is 14.0 Å². The molecule has 1 atom stereocenters. The van der Waals surface area contributed by atoms with E-state index in [0.717, 1.165) is 5.56 Å². The molecule has 142 valence electrons. The fraction of sp³-hybridized carbons (Fsp3) is 0.143. The van der Waals surface area contributed by atoms with Crippen molar-refractivity contribution >= 4 is 34.8 Å². The van der Waals surface area contributed by atoms with Gasteiger partial charge < -0.3 is 0 Å². The van der Waals surface area contributed by atoms with Crippen molar-refractivity contribution in [1.82, 2.24) is 4.90 Å². The zero-order valence-electron chi connectivity index (χ0n) is 15.0. The second-order valence-corrected chi connectivity index (χ2v) is 7.19. The average Bonchev–Trinajstić information content (AvgIpc) is 2.99. The molecule has 28 heavy (non-hydrogen) atoms. The summed E-state index contributed by atoms with van der Waals surface area (Å²) in [6, 6.07) is 14.8. The summed E-state index contributed by atoms with van der Waals surface area (Å²) in [5.74, 6) is -0.849. The number of hydrogen-bond donors (Lipinski definition) is 0. The zero-order valence-corrected chi connectivity index (χ0v) is 15.8. The summed E-state index contributed by atoms with van der Waals surface area (Å²) in [6.07, 6.45) is 3.20. The van der Waals surface area contributed by atoms with Crippen LogP contribution in [0.15, 0.2) is 77.5 Å². The quantitative estimate of drug-likeness (QED) is 0.309. The van der Waals surface area contributed by atoms with Gasteiger partial charge in [-0.2, -0.15) is 5.10 Å². The highest BCUT2D eigenvalue weighted by Gasteiger charge is 2.38. The van der Waals surface area contributed by atoms with Crippen molar-refractivity contribution in [1.29, 1.82) is 0 Å². The van der Waals surface area contributed by atoms with Crippen LogP contribution in [0, 0.1) is 5.82 Å². The molecule has 5 nitrogen and oxygen atoms in total. The molecular formula is C21H18FN3O2S. The zero-order chi connectivity index (χ0) is 19.9. The molecule has 1 heterocycles. The number of benzene rings is 2. The van der Waals surface area contributed by atoms with E-state index < -0.39 is 11.1 Å². The van der Waals surface area contributed by atoms with E-state index >= 15 is 0 Å². The summed E-state index contributed by atoms with van der Waals surface area (Å²) >= 11 is 1.20. The number of ketones is 1. The number of halogens is 1. The van der Waals surface area contributed by atoms with Crippen LogP contribution in [0.5, 0.6) is 0 Å². The van der Waals surface area contributed by atoms with Gasteiger partial charge in [0.1, 0.15) is 5.82 Å². The Morgan fingerprint density at radius 3 is 2.57 bits per heavy atom. The van der Waals surface area contributed by atoms with Crippen LogP contribution in [-0.4, -0.2) is 39.8 Å². The maximum Gasteiger partial charge on any atom is 0.242 e. The molecule has 0 N–H and O–H groups in total. The third-order valence-corrected chi connectivity index (χ3v) is 5.18. The predicted molar refractivity (Wildman–Crippen MR) is 110 cm³/mol. The van der Waals surface area contributed by atoms with Gasteiger partial charge in [-0.3, -0.25) is 14.5 Å². The number of hydrogen-bond acceptors (Lipinski definition) is 5. The molecule has 7 heteroatoms. The first-order valence-electron chi connectivity index (χ1n) is 8.62. The highest BCUT2D eigenvalue weighted by atomic mass is 32.2. The molecule has 1 saturated heterocycles. The summed E-state index contributed by atoms with van der Waals surface area (Å²) < 4.78 is 13.0. The molecule has 0 radical (unpaired) electrons. The average molecular weight is 395 g/mol. The molecule has 1 aliphatic heterocycles. The van der Waals surface area contributed by atoms with E-state index in [1.807, 2.05) is 30.3 Å². The van der Waals surface area contributed by atoms with E-state index in [1.54, 1.807) is 12.3 Å². The Bertz CT molecular complexity index is 926. The third kappa shape index (κ3) is 4.80. The van der Waals surface area contributed by atoms with Crippen LogP contribution in [-0.2, 0) is 4.79 Å². The molecule has 0 bridgehead atoms. The Balaban J connectivity index is 1.73. The SMILES string of the molecule is C=CCN1C(=O)[C@@H](CC(=O)c2ccc(F)cc2)S/C1=N/N=C\c1ccccc1. The number of amidine groups is 1. The molecule has 0 spiro atoms. The van der Waals surface area contributed by atoms with Crippen LogP contribution >= 0.6 is 11.8 Å². The van der Waals surface area contributed by atoms with Gasteiger partial charge in [-0.05, 0) is 29.8 Å². The lowest BCUT2D eigenvalue weighted by atomic mass is 10.1. The maximum absolute atomic E-state index is 13.0. The molecule has 1 fully saturated rings. The van der Waals surface area contributed by atoms with Gasteiger partial charge in [0.2, 0.25) is 5.91 Å². The second kappa shape index (κ2) is 9.23. The van der Waals surface area contributed by atoms with Gasteiger partial charge >= 0.3 is 0 Å². The number of rotatable bonds is 7. The van der Waals surface area contributed by atoms with Gasteiger partial charge in [-0.25, -0.2) is 4.39 Å². The monoisotopic (exact) mass is 395 g/mol. The van der Waals surface area contributed by atoms with E-state index in [2.05, 4.69) is 16.8 Å². The van der Waals surface area contributed by atoms with Crippen molar-refractivity contribution in [2.75, 3.05) is 6.54 Å². The van der Waals surface area contributed by atoms with Gasteiger partial charge in [0, 0.05) is 18.5 Å². The number of carbonyl (C=O) groups excluding carboxylic acids is 2. The predicted octanol–water partition coefficient (Wildman–Crippen LogP) is 3.92. The minimum Gasteiger partial charge on any atom is -0.294 e. The molecule has 1 amide bonds. The topological polar surface area (TPSA) is 62.1 Å². The van der Waals surface area contributed by atoms with Crippen molar-refractivity contribution in [2.24, 2.45) is 10.2 Å². The molecule has 0 aliphatic carbocycles. The Labute approximate surface area is 166 Å². The van der Waals surface area contributed by atoms with Gasteiger partial charge in [-0.1, -0.05) is 48.2 Å². The molecule has 3 rings (SSSR count). The van der Waals surface area contributed by atoms with Crippen molar-refractivity contribution in [2.45, 2.75) is 11.7 Å². The summed E-state index contributed by atoms with van der Waals surface area (Å²) in [7, 11) is 0. The number of amides is 1. The Kier molecular flexibility index (Phi) is 6.49. The molecule has 0 aromatic heterocycles. The van der Waals surface area contributed by atoms with Crippen molar-refractivity contribution in [3.63, 3.8) is 0 Å². The number of nitrogens with zero attached hydrogens (tertiary/aromatic N) is 3. The van der Waals surface area contributed by atoms with Crippen molar-refractivity contribution in [3.8, 4) is 0 Å². The molecule has 2 aromatic rings. The summed E-state index contributed by atoms with van der Waals surface area (Å²) in [5.41, 5.74) is 1.26. The number of Topliss-reactive ketones (excluding diaryl/α,β-unsaturated/α-hetero) is 1. The minimum atomic E-state index is -0.594. The van der Waals surface area contributed by atoms with E-state index in [-0.39, 0.29) is 24.7 Å². The van der Waals surface area contributed by atoms with Crippen LogP contribution in [0.2, 0.25) is 0 Å². The van der Waals surface area contributed by atoms with Gasteiger partial charge in [0.25, 0.3) is 0 Å². The fourth-order valence-corrected chi connectivity index (χ4v) is 3.72. The van der Waals surface area contributed by atoms with E-state index in [1.165, 1.54) is 40.9 Å². The molecule has 0 unspecified atom stereocenters. The van der Waals surface area contributed by atoms with Gasteiger partial charge in [0.05, 0.1) is 11.5 Å². The first-order chi connectivity index (χ1) is 13.6. The highest BCUT2D eigenvalue weighted by Crippen LogP contribution is 2.30. The van der Waals surface area contributed by atoms with Gasteiger partial charge in [-0.15, -0.1) is 11.7 Å². The summed E-state index contributed by atoms with van der Waals surface area (Å²) in [6.45, 7) is 3.95. The molecule has 0 saturated carbocycles. The minimum absolute atomic E-state index is 0.00416. The second-order valence-electron chi connectivity index (χ2n) is 6.02. The molecule has 2 aromatic carbocycles. The van der Waals surface area contributed by atoms with E-state index in [9.17, 15) is 14.0 Å². The van der Waals surface area contributed by atoms with Crippen LogP contribution in [0.25, 0.3) is 0 Å². The Morgan fingerprint density at radius 2 is 1.89 bits per heavy atom. The first-order valence-corrected chi connectivity index (χ1v) is 9.50. The largest absolute Gasteiger partial charge is 0.294 e. The lowest BCUT2D eigenvalue weighted by molar-refractivity contribution is -0.125. The van der Waals surface area contributed by atoms with Crippen LogP contribution in [0.4, 0.5) is 4.39 Å². The van der Waals surface area contributed by atoms with E-state index in [4.69, 9.17) is 0 Å². The van der Waals surface area contributed by atoms with Crippen LogP contribution in [0.3, 0.4) is 0 Å².